The second kappa shape index (κ2) is 5.59. The van der Waals surface area contributed by atoms with Crippen molar-refractivity contribution in [3.63, 3.8) is 0 Å². The second-order valence-electron chi connectivity index (χ2n) is 3.74. The number of rotatable bonds is 4. The zero-order valence-electron chi connectivity index (χ0n) is 9.64. The molecule has 1 heterocycles. The van der Waals surface area contributed by atoms with E-state index in [4.69, 9.17) is 0 Å². The summed E-state index contributed by atoms with van der Waals surface area (Å²) < 4.78 is 0. The van der Waals surface area contributed by atoms with Crippen LogP contribution in [0.1, 0.15) is 29.3 Å². The SMILES string of the molecule is CCCc1ccc(C(=O)Nc2nccs2)cc1. The van der Waals surface area contributed by atoms with E-state index in [1.807, 2.05) is 29.6 Å². The Hall–Kier alpha value is -1.68. The number of hydrogen-bond donors (Lipinski definition) is 1. The largest absolute Gasteiger partial charge is 0.298 e. The van der Waals surface area contributed by atoms with Crippen LogP contribution in [0.4, 0.5) is 5.13 Å². The normalized spacial score (nSPS) is 10.2. The second-order valence-corrected chi connectivity index (χ2v) is 4.63. The highest BCUT2D eigenvalue weighted by atomic mass is 32.1. The Morgan fingerprint density at radius 3 is 2.71 bits per heavy atom. The summed E-state index contributed by atoms with van der Waals surface area (Å²) in [5.74, 6) is -0.108. The first kappa shape index (κ1) is 11.8. The number of aromatic nitrogens is 1. The number of benzene rings is 1. The molecule has 0 fully saturated rings. The van der Waals surface area contributed by atoms with Crippen LogP contribution in [0.3, 0.4) is 0 Å². The number of amides is 1. The van der Waals surface area contributed by atoms with Gasteiger partial charge in [-0.15, -0.1) is 11.3 Å². The molecule has 88 valence electrons. The summed E-state index contributed by atoms with van der Waals surface area (Å²) in [6.45, 7) is 2.14. The zero-order valence-corrected chi connectivity index (χ0v) is 10.5. The maximum Gasteiger partial charge on any atom is 0.257 e. The van der Waals surface area contributed by atoms with E-state index < -0.39 is 0 Å². The summed E-state index contributed by atoms with van der Waals surface area (Å²) in [5, 5.41) is 5.22. The van der Waals surface area contributed by atoms with Gasteiger partial charge in [-0.1, -0.05) is 25.5 Å². The minimum absolute atomic E-state index is 0.108. The van der Waals surface area contributed by atoms with Crippen LogP contribution in [-0.2, 0) is 6.42 Å². The van der Waals surface area contributed by atoms with Crippen LogP contribution in [0.5, 0.6) is 0 Å². The molecule has 0 saturated carbocycles. The molecule has 1 amide bonds. The Morgan fingerprint density at radius 1 is 1.35 bits per heavy atom. The van der Waals surface area contributed by atoms with Crippen molar-refractivity contribution in [2.24, 2.45) is 0 Å². The predicted octanol–water partition coefficient (Wildman–Crippen LogP) is 3.35. The summed E-state index contributed by atoms with van der Waals surface area (Å²) >= 11 is 1.41. The first-order chi connectivity index (χ1) is 8.29. The number of carbonyl (C=O) groups is 1. The third kappa shape index (κ3) is 3.14. The van der Waals surface area contributed by atoms with Crippen molar-refractivity contribution in [2.45, 2.75) is 19.8 Å². The Kier molecular flexibility index (Phi) is 3.88. The quantitative estimate of drug-likeness (QED) is 0.899. The van der Waals surface area contributed by atoms with Gasteiger partial charge in [-0.25, -0.2) is 4.98 Å². The highest BCUT2D eigenvalue weighted by molar-refractivity contribution is 7.13. The molecule has 0 aliphatic heterocycles. The Morgan fingerprint density at radius 2 is 2.12 bits per heavy atom. The van der Waals surface area contributed by atoms with Crippen molar-refractivity contribution >= 4 is 22.4 Å². The average Bonchev–Trinajstić information content (AvgIpc) is 2.83. The van der Waals surface area contributed by atoms with Crippen molar-refractivity contribution in [3.8, 4) is 0 Å². The maximum atomic E-state index is 11.8. The number of nitrogens with one attached hydrogen (secondary N) is 1. The molecule has 0 saturated heterocycles. The van der Waals surface area contributed by atoms with Gasteiger partial charge in [0.1, 0.15) is 0 Å². The van der Waals surface area contributed by atoms with Crippen molar-refractivity contribution in [1.29, 1.82) is 0 Å². The molecule has 0 atom stereocenters. The summed E-state index contributed by atoms with van der Waals surface area (Å²) in [4.78, 5) is 15.9. The zero-order chi connectivity index (χ0) is 12.1. The Balaban J connectivity index is 2.04. The molecule has 1 N–H and O–H groups in total. The lowest BCUT2D eigenvalue weighted by Gasteiger charge is -2.03. The van der Waals surface area contributed by atoms with Gasteiger partial charge in [0.25, 0.3) is 5.91 Å². The van der Waals surface area contributed by atoms with Crippen LogP contribution in [0, 0.1) is 0 Å². The molecule has 4 heteroatoms. The maximum absolute atomic E-state index is 11.8. The topological polar surface area (TPSA) is 42.0 Å². The number of aryl methyl sites for hydroxylation is 1. The molecule has 0 bridgehead atoms. The van der Waals surface area contributed by atoms with Gasteiger partial charge in [-0.2, -0.15) is 0 Å². The molecule has 0 aliphatic carbocycles. The van der Waals surface area contributed by atoms with Gasteiger partial charge >= 0.3 is 0 Å². The van der Waals surface area contributed by atoms with Crippen LogP contribution in [0.25, 0.3) is 0 Å². The molecule has 1 aromatic carbocycles. The van der Waals surface area contributed by atoms with E-state index in [-0.39, 0.29) is 5.91 Å². The highest BCUT2D eigenvalue weighted by Gasteiger charge is 2.06. The van der Waals surface area contributed by atoms with E-state index in [0.717, 1.165) is 12.8 Å². The first-order valence-electron chi connectivity index (χ1n) is 5.59. The summed E-state index contributed by atoms with van der Waals surface area (Å²) in [7, 11) is 0. The van der Waals surface area contributed by atoms with Crippen molar-refractivity contribution in [1.82, 2.24) is 4.98 Å². The molecular weight excluding hydrogens is 232 g/mol. The molecule has 2 aromatic rings. The molecule has 0 radical (unpaired) electrons. The fraction of sp³-hybridized carbons (Fsp3) is 0.231. The standard InChI is InChI=1S/C13H14N2OS/c1-2-3-10-4-6-11(7-5-10)12(16)15-13-14-8-9-17-13/h4-9H,2-3H2,1H3,(H,14,15,16). The fourth-order valence-electron chi connectivity index (χ4n) is 1.57. The lowest BCUT2D eigenvalue weighted by atomic mass is 10.1. The van der Waals surface area contributed by atoms with Crippen LogP contribution < -0.4 is 5.32 Å². The number of anilines is 1. The molecule has 3 nitrogen and oxygen atoms in total. The number of hydrogen-bond acceptors (Lipinski definition) is 3. The third-order valence-corrected chi connectivity index (χ3v) is 3.10. The molecular formula is C13H14N2OS. The van der Waals surface area contributed by atoms with Gasteiger partial charge < -0.3 is 0 Å². The van der Waals surface area contributed by atoms with Crippen LogP contribution in [0.15, 0.2) is 35.8 Å². The highest BCUT2D eigenvalue weighted by Crippen LogP contribution is 2.13. The van der Waals surface area contributed by atoms with Crippen LogP contribution in [-0.4, -0.2) is 10.9 Å². The van der Waals surface area contributed by atoms with E-state index >= 15 is 0 Å². The van der Waals surface area contributed by atoms with E-state index in [2.05, 4.69) is 17.2 Å². The third-order valence-electron chi connectivity index (χ3n) is 2.41. The fourth-order valence-corrected chi connectivity index (χ4v) is 2.09. The monoisotopic (exact) mass is 246 g/mol. The Bertz CT molecular complexity index is 477. The molecule has 1 aromatic heterocycles. The van der Waals surface area contributed by atoms with Gasteiger partial charge in [0.15, 0.2) is 5.13 Å². The average molecular weight is 246 g/mol. The number of carbonyl (C=O) groups excluding carboxylic acids is 1. The molecule has 2 rings (SSSR count). The smallest absolute Gasteiger partial charge is 0.257 e. The van der Waals surface area contributed by atoms with Gasteiger partial charge in [-0.05, 0) is 24.1 Å². The minimum Gasteiger partial charge on any atom is -0.298 e. The van der Waals surface area contributed by atoms with Crippen molar-refractivity contribution in [3.05, 3.63) is 47.0 Å². The molecule has 17 heavy (non-hydrogen) atoms. The van der Waals surface area contributed by atoms with Crippen molar-refractivity contribution in [2.75, 3.05) is 5.32 Å². The van der Waals surface area contributed by atoms with E-state index in [9.17, 15) is 4.79 Å². The summed E-state index contributed by atoms with van der Waals surface area (Å²) in [5.41, 5.74) is 1.93. The van der Waals surface area contributed by atoms with Gasteiger partial charge in [0.2, 0.25) is 0 Å². The van der Waals surface area contributed by atoms with Gasteiger partial charge in [0, 0.05) is 17.1 Å². The predicted molar refractivity (Wildman–Crippen MR) is 70.5 cm³/mol. The first-order valence-corrected chi connectivity index (χ1v) is 6.47. The van der Waals surface area contributed by atoms with E-state index in [1.165, 1.54) is 16.9 Å². The lowest BCUT2D eigenvalue weighted by Crippen LogP contribution is -2.11. The molecule has 0 unspecified atom stereocenters. The van der Waals surface area contributed by atoms with Gasteiger partial charge in [0.05, 0.1) is 0 Å². The minimum atomic E-state index is -0.108. The van der Waals surface area contributed by atoms with Crippen molar-refractivity contribution < 1.29 is 4.79 Å². The van der Waals surface area contributed by atoms with Gasteiger partial charge in [-0.3, -0.25) is 10.1 Å². The molecule has 0 aliphatic rings. The van der Waals surface area contributed by atoms with E-state index in [0.29, 0.717) is 10.7 Å². The Labute approximate surface area is 105 Å². The summed E-state index contributed by atoms with van der Waals surface area (Å²) in [6.07, 6.45) is 3.84. The molecule has 0 spiro atoms. The number of thiazole rings is 1. The van der Waals surface area contributed by atoms with Crippen LogP contribution >= 0.6 is 11.3 Å². The van der Waals surface area contributed by atoms with E-state index in [1.54, 1.807) is 6.20 Å². The lowest BCUT2D eigenvalue weighted by molar-refractivity contribution is 0.102. The number of nitrogens with zero attached hydrogens (tertiary/aromatic N) is 1. The van der Waals surface area contributed by atoms with Crippen LogP contribution in [0.2, 0.25) is 0 Å². The summed E-state index contributed by atoms with van der Waals surface area (Å²) in [6, 6.07) is 7.71.